The highest BCUT2D eigenvalue weighted by molar-refractivity contribution is 6.30. The van der Waals surface area contributed by atoms with Crippen LogP contribution in [-0.2, 0) is 4.79 Å². The van der Waals surface area contributed by atoms with Gasteiger partial charge in [0, 0.05) is 16.2 Å². The molecule has 3 aromatic rings. The summed E-state index contributed by atoms with van der Waals surface area (Å²) >= 11 is 5.90. The van der Waals surface area contributed by atoms with Gasteiger partial charge in [-0.2, -0.15) is 0 Å². The maximum absolute atomic E-state index is 13.2. The molecule has 28 heavy (non-hydrogen) atoms. The molecule has 0 saturated heterocycles. The molecule has 1 unspecified atom stereocenters. The Bertz CT molecular complexity index is 977. The Balaban J connectivity index is 1.98. The standard InChI is InChI=1S/C24H19ClO3/c25-21-13-11-17(12-14-21)15-20(24(27)28)16-22(18-7-3-1-4-8-18)23(26)19-9-5-2-6-10-19/h1-15,22H,16H2,(H,27,28)/b20-15+. The number of ketones is 1. The molecule has 0 aliphatic carbocycles. The first-order valence-corrected chi connectivity index (χ1v) is 9.26. The zero-order valence-electron chi connectivity index (χ0n) is 15.1. The zero-order valence-corrected chi connectivity index (χ0v) is 15.8. The van der Waals surface area contributed by atoms with Gasteiger partial charge in [-0.15, -0.1) is 0 Å². The summed E-state index contributed by atoms with van der Waals surface area (Å²) < 4.78 is 0. The minimum atomic E-state index is -1.04. The third-order valence-electron chi connectivity index (χ3n) is 4.49. The summed E-state index contributed by atoms with van der Waals surface area (Å²) in [5.41, 5.74) is 2.24. The fourth-order valence-electron chi connectivity index (χ4n) is 3.04. The van der Waals surface area contributed by atoms with Crippen molar-refractivity contribution in [3.8, 4) is 0 Å². The van der Waals surface area contributed by atoms with Crippen LogP contribution in [0.1, 0.15) is 33.8 Å². The fourth-order valence-corrected chi connectivity index (χ4v) is 3.16. The molecule has 0 spiro atoms. The molecule has 3 aromatic carbocycles. The molecule has 0 radical (unpaired) electrons. The highest BCUT2D eigenvalue weighted by Gasteiger charge is 2.25. The number of Topliss-reactive ketones (excluding diaryl/α,β-unsaturated/α-hetero) is 1. The van der Waals surface area contributed by atoms with Gasteiger partial charge in [-0.3, -0.25) is 4.79 Å². The largest absolute Gasteiger partial charge is 0.478 e. The average Bonchev–Trinajstić information content (AvgIpc) is 2.73. The molecule has 0 fully saturated rings. The van der Waals surface area contributed by atoms with Gasteiger partial charge in [0.1, 0.15) is 0 Å². The Morgan fingerprint density at radius 2 is 1.43 bits per heavy atom. The van der Waals surface area contributed by atoms with Crippen molar-refractivity contribution in [3.05, 3.63) is 112 Å². The fraction of sp³-hybridized carbons (Fsp3) is 0.0833. The van der Waals surface area contributed by atoms with Gasteiger partial charge in [-0.1, -0.05) is 84.4 Å². The van der Waals surface area contributed by atoms with Gasteiger partial charge in [0.25, 0.3) is 0 Å². The number of hydrogen-bond donors (Lipinski definition) is 1. The van der Waals surface area contributed by atoms with E-state index in [9.17, 15) is 14.7 Å². The summed E-state index contributed by atoms with van der Waals surface area (Å²) in [7, 11) is 0. The molecule has 0 heterocycles. The van der Waals surface area contributed by atoms with Gasteiger partial charge in [-0.05, 0) is 35.8 Å². The second kappa shape index (κ2) is 9.16. The number of aliphatic carboxylic acids is 1. The maximum Gasteiger partial charge on any atom is 0.331 e. The lowest BCUT2D eigenvalue weighted by Gasteiger charge is -2.17. The number of carboxylic acid groups (broad SMARTS) is 1. The molecule has 3 nitrogen and oxygen atoms in total. The van der Waals surface area contributed by atoms with Crippen LogP contribution in [0.4, 0.5) is 0 Å². The lowest BCUT2D eigenvalue weighted by molar-refractivity contribution is -0.132. The lowest BCUT2D eigenvalue weighted by Crippen LogP contribution is -2.16. The average molecular weight is 391 g/mol. The maximum atomic E-state index is 13.2. The van der Waals surface area contributed by atoms with E-state index < -0.39 is 11.9 Å². The predicted octanol–water partition coefficient (Wildman–Crippen LogP) is 5.86. The topological polar surface area (TPSA) is 54.4 Å². The van der Waals surface area contributed by atoms with E-state index in [1.54, 1.807) is 54.6 Å². The summed E-state index contributed by atoms with van der Waals surface area (Å²) in [4.78, 5) is 25.1. The number of carboxylic acids is 1. The summed E-state index contributed by atoms with van der Waals surface area (Å²) in [5.74, 6) is -1.73. The molecule has 140 valence electrons. The van der Waals surface area contributed by atoms with E-state index in [0.717, 1.165) is 11.1 Å². The Morgan fingerprint density at radius 1 is 0.857 bits per heavy atom. The van der Waals surface area contributed by atoms with Gasteiger partial charge in [0.05, 0.1) is 5.92 Å². The second-order valence-corrected chi connectivity index (χ2v) is 6.86. The summed E-state index contributed by atoms with van der Waals surface area (Å²) in [6.07, 6.45) is 1.68. The van der Waals surface area contributed by atoms with Gasteiger partial charge in [0.15, 0.2) is 5.78 Å². The Morgan fingerprint density at radius 3 is 2.00 bits per heavy atom. The number of hydrogen-bond acceptors (Lipinski definition) is 2. The molecule has 0 aliphatic heterocycles. The van der Waals surface area contributed by atoms with Crippen molar-refractivity contribution in [2.75, 3.05) is 0 Å². The molecular weight excluding hydrogens is 372 g/mol. The second-order valence-electron chi connectivity index (χ2n) is 6.42. The van der Waals surface area contributed by atoms with Crippen LogP contribution >= 0.6 is 11.6 Å². The van der Waals surface area contributed by atoms with Crippen molar-refractivity contribution < 1.29 is 14.7 Å². The van der Waals surface area contributed by atoms with Crippen LogP contribution in [0, 0.1) is 0 Å². The smallest absolute Gasteiger partial charge is 0.331 e. The first-order valence-electron chi connectivity index (χ1n) is 8.88. The summed E-state index contributed by atoms with van der Waals surface area (Å²) in [6.45, 7) is 0. The van der Waals surface area contributed by atoms with E-state index in [0.29, 0.717) is 10.6 Å². The van der Waals surface area contributed by atoms with Crippen molar-refractivity contribution in [1.82, 2.24) is 0 Å². The SMILES string of the molecule is O=C(O)/C(=C/c1ccc(Cl)cc1)CC(C(=O)c1ccccc1)c1ccccc1. The van der Waals surface area contributed by atoms with Crippen molar-refractivity contribution in [2.24, 2.45) is 0 Å². The van der Waals surface area contributed by atoms with E-state index in [2.05, 4.69) is 0 Å². The lowest BCUT2D eigenvalue weighted by atomic mass is 9.85. The molecule has 0 aliphatic rings. The minimum Gasteiger partial charge on any atom is -0.478 e. The molecule has 0 aromatic heterocycles. The van der Waals surface area contributed by atoms with Crippen molar-refractivity contribution in [1.29, 1.82) is 0 Å². The van der Waals surface area contributed by atoms with Crippen molar-refractivity contribution in [2.45, 2.75) is 12.3 Å². The Hall–Kier alpha value is -3.17. The van der Waals surface area contributed by atoms with Crippen LogP contribution in [-0.4, -0.2) is 16.9 Å². The van der Waals surface area contributed by atoms with Gasteiger partial charge in [0.2, 0.25) is 0 Å². The van der Waals surface area contributed by atoms with Crippen LogP contribution in [0.5, 0.6) is 0 Å². The van der Waals surface area contributed by atoms with Crippen LogP contribution in [0.2, 0.25) is 5.02 Å². The Labute approximate surface area is 168 Å². The predicted molar refractivity (Wildman–Crippen MR) is 112 cm³/mol. The van der Waals surface area contributed by atoms with E-state index in [1.807, 2.05) is 36.4 Å². The molecule has 0 amide bonds. The highest BCUT2D eigenvalue weighted by Crippen LogP contribution is 2.29. The normalized spacial score (nSPS) is 12.4. The van der Waals surface area contributed by atoms with Crippen molar-refractivity contribution in [3.63, 3.8) is 0 Å². The van der Waals surface area contributed by atoms with Crippen LogP contribution in [0.25, 0.3) is 6.08 Å². The number of carbonyl (C=O) groups excluding carboxylic acids is 1. The minimum absolute atomic E-state index is 0.0930. The number of halogens is 1. The highest BCUT2D eigenvalue weighted by atomic mass is 35.5. The van der Waals surface area contributed by atoms with Crippen LogP contribution in [0.15, 0.2) is 90.5 Å². The van der Waals surface area contributed by atoms with Crippen molar-refractivity contribution >= 4 is 29.4 Å². The molecule has 3 rings (SSSR count). The summed E-state index contributed by atoms with van der Waals surface area (Å²) in [5, 5.41) is 10.3. The molecular formula is C24H19ClO3. The number of carbonyl (C=O) groups is 2. The molecule has 0 saturated carbocycles. The van der Waals surface area contributed by atoms with E-state index in [1.165, 1.54) is 0 Å². The van der Waals surface area contributed by atoms with E-state index >= 15 is 0 Å². The van der Waals surface area contributed by atoms with Gasteiger partial charge in [-0.25, -0.2) is 4.79 Å². The number of benzene rings is 3. The van der Waals surface area contributed by atoms with E-state index in [4.69, 9.17) is 11.6 Å². The Kier molecular flexibility index (Phi) is 6.41. The monoisotopic (exact) mass is 390 g/mol. The molecule has 1 atom stereocenters. The van der Waals surface area contributed by atoms with Crippen LogP contribution < -0.4 is 0 Å². The zero-order chi connectivity index (χ0) is 19.9. The molecule has 1 N–H and O–H groups in total. The summed E-state index contributed by atoms with van der Waals surface area (Å²) in [6, 6.07) is 25.1. The van der Waals surface area contributed by atoms with Gasteiger partial charge >= 0.3 is 5.97 Å². The number of rotatable bonds is 7. The molecule has 4 heteroatoms. The first kappa shape index (κ1) is 19.6. The third kappa shape index (κ3) is 4.96. The first-order chi connectivity index (χ1) is 13.5. The molecule has 0 bridgehead atoms. The van der Waals surface area contributed by atoms with E-state index in [-0.39, 0.29) is 17.8 Å². The van der Waals surface area contributed by atoms with Gasteiger partial charge < -0.3 is 5.11 Å². The quantitative estimate of drug-likeness (QED) is 0.405. The third-order valence-corrected chi connectivity index (χ3v) is 4.74. The van der Waals surface area contributed by atoms with Crippen LogP contribution in [0.3, 0.4) is 0 Å².